The van der Waals surface area contributed by atoms with E-state index < -0.39 is 26.3 Å². The van der Waals surface area contributed by atoms with Crippen LogP contribution in [-0.4, -0.2) is 47.0 Å². The number of amidine groups is 1. The van der Waals surface area contributed by atoms with E-state index >= 15 is 0 Å². The molecule has 1 aromatic heterocycles. The lowest BCUT2D eigenvalue weighted by Gasteiger charge is -2.30. The number of benzene rings is 1. The van der Waals surface area contributed by atoms with Gasteiger partial charge in [-0.1, -0.05) is 11.6 Å². The largest absolute Gasteiger partial charge is 0.493 e. The molecular weight excluding hydrogens is 430 g/mol. The third-order valence-corrected chi connectivity index (χ3v) is 8.17. The van der Waals surface area contributed by atoms with Crippen molar-refractivity contribution in [2.75, 3.05) is 17.7 Å². The maximum absolute atomic E-state index is 12.9. The molecule has 2 aromatic rings. The summed E-state index contributed by atoms with van der Waals surface area (Å²) < 4.78 is 31.4. The number of nitrogens with two attached hydrogens (primary N) is 1. The van der Waals surface area contributed by atoms with Gasteiger partial charge in [0.25, 0.3) is 5.91 Å². The minimum absolute atomic E-state index is 0.0930. The smallest absolute Gasteiger partial charge is 0.277 e. The van der Waals surface area contributed by atoms with Crippen molar-refractivity contribution in [2.24, 2.45) is 12.8 Å². The molecule has 1 amide bonds. The van der Waals surface area contributed by atoms with Gasteiger partial charge in [0.15, 0.2) is 15.5 Å². The number of aromatic nitrogens is 2. The molecular formula is C19H24ClN5O4S. The normalized spacial score (nSPS) is 16.5. The van der Waals surface area contributed by atoms with E-state index in [0.29, 0.717) is 30.0 Å². The van der Waals surface area contributed by atoms with Crippen molar-refractivity contribution in [3.05, 3.63) is 40.7 Å². The van der Waals surface area contributed by atoms with Crippen LogP contribution in [-0.2, 0) is 16.9 Å². The number of anilines is 1. The van der Waals surface area contributed by atoms with Crippen molar-refractivity contribution in [1.29, 1.82) is 5.41 Å². The molecule has 0 saturated heterocycles. The van der Waals surface area contributed by atoms with E-state index in [1.54, 1.807) is 25.2 Å². The molecule has 9 nitrogen and oxygen atoms in total. The van der Waals surface area contributed by atoms with Gasteiger partial charge in [-0.2, -0.15) is 5.10 Å². The first-order valence-corrected chi connectivity index (χ1v) is 11.3. The Balaban J connectivity index is 1.87. The van der Waals surface area contributed by atoms with Crippen molar-refractivity contribution in [3.8, 4) is 5.75 Å². The molecule has 1 atom stereocenters. The molecule has 4 N–H and O–H groups in total. The Hall–Kier alpha value is -2.59. The van der Waals surface area contributed by atoms with E-state index in [4.69, 9.17) is 27.5 Å². The Morgan fingerprint density at radius 1 is 1.47 bits per heavy atom. The number of nitrogens with zero attached hydrogens (tertiary/aromatic N) is 2. The van der Waals surface area contributed by atoms with Crippen molar-refractivity contribution in [1.82, 2.24) is 9.78 Å². The van der Waals surface area contributed by atoms with E-state index in [9.17, 15) is 13.2 Å². The Kier molecular flexibility index (Phi) is 5.83. The molecule has 1 aliphatic heterocycles. The number of sulfone groups is 1. The highest BCUT2D eigenvalue weighted by Gasteiger charge is 2.40. The monoisotopic (exact) mass is 453 g/mol. The predicted octanol–water partition coefficient (Wildman–Crippen LogP) is 2.32. The number of hydrogen-bond donors (Lipinski definition) is 3. The van der Waals surface area contributed by atoms with Gasteiger partial charge < -0.3 is 15.8 Å². The Labute approximate surface area is 180 Å². The number of amides is 1. The number of ether oxygens (including phenoxy) is 1. The van der Waals surface area contributed by atoms with Crippen LogP contribution in [0, 0.1) is 5.41 Å². The van der Waals surface area contributed by atoms with Crippen LogP contribution >= 0.6 is 11.6 Å². The fourth-order valence-electron chi connectivity index (χ4n) is 3.16. The second-order valence-corrected chi connectivity index (χ2v) is 10.7. The first-order valence-electron chi connectivity index (χ1n) is 9.26. The van der Waals surface area contributed by atoms with Gasteiger partial charge in [0.2, 0.25) is 0 Å². The van der Waals surface area contributed by atoms with Gasteiger partial charge in [-0.3, -0.25) is 14.9 Å². The maximum atomic E-state index is 12.9. The summed E-state index contributed by atoms with van der Waals surface area (Å²) in [5, 5.41) is 14.6. The summed E-state index contributed by atoms with van der Waals surface area (Å²) in [6, 6.07) is 5.06. The summed E-state index contributed by atoms with van der Waals surface area (Å²) in [5.41, 5.74) is 6.76. The fourth-order valence-corrected chi connectivity index (χ4v) is 5.05. The number of carbonyl (C=O) groups excluding carboxylic acids is 1. The van der Waals surface area contributed by atoms with Gasteiger partial charge in [-0.25, -0.2) is 8.42 Å². The fraction of sp³-hybridized carbons (Fsp3) is 0.421. The van der Waals surface area contributed by atoms with Gasteiger partial charge in [0.05, 0.1) is 17.4 Å². The topological polar surface area (TPSA) is 140 Å². The van der Waals surface area contributed by atoms with E-state index in [-0.39, 0.29) is 22.4 Å². The zero-order valence-electron chi connectivity index (χ0n) is 16.9. The van der Waals surface area contributed by atoms with E-state index in [0.717, 1.165) is 0 Å². The standard InChI is InChI=1S/C19H24ClN5O4S/c1-19(2,18(21)22)30(27,28)10-11-6-7-29-15-5-4-12(8-13(11)15)23-17(26)16-14(20)9-25(3)24-16/h4-5,8-9,11H,6-7,10H2,1-3H3,(H3,21,22)(H,23,26). The third kappa shape index (κ3) is 4.15. The molecule has 162 valence electrons. The lowest BCUT2D eigenvalue weighted by Crippen LogP contribution is -2.47. The molecule has 0 radical (unpaired) electrons. The van der Waals surface area contributed by atoms with Crippen molar-refractivity contribution in [2.45, 2.75) is 30.9 Å². The molecule has 0 saturated carbocycles. The highest BCUT2D eigenvalue weighted by molar-refractivity contribution is 7.93. The number of aryl methyl sites for hydroxylation is 1. The summed E-state index contributed by atoms with van der Waals surface area (Å²) >= 11 is 6.03. The minimum atomic E-state index is -3.71. The molecule has 0 fully saturated rings. The molecule has 30 heavy (non-hydrogen) atoms. The van der Waals surface area contributed by atoms with E-state index in [1.807, 2.05) is 0 Å². The van der Waals surface area contributed by atoms with E-state index in [1.165, 1.54) is 24.7 Å². The van der Waals surface area contributed by atoms with Gasteiger partial charge in [0, 0.05) is 30.4 Å². The zero-order valence-corrected chi connectivity index (χ0v) is 18.5. The van der Waals surface area contributed by atoms with Crippen molar-refractivity contribution < 1.29 is 17.9 Å². The Morgan fingerprint density at radius 3 is 2.77 bits per heavy atom. The van der Waals surface area contributed by atoms with Crippen LogP contribution in [0.5, 0.6) is 5.75 Å². The molecule has 0 spiro atoms. The predicted molar refractivity (Wildman–Crippen MR) is 115 cm³/mol. The van der Waals surface area contributed by atoms with Crippen molar-refractivity contribution >= 4 is 38.9 Å². The van der Waals surface area contributed by atoms with Gasteiger partial charge in [0.1, 0.15) is 16.3 Å². The van der Waals surface area contributed by atoms with Crippen LogP contribution < -0.4 is 15.8 Å². The third-order valence-electron chi connectivity index (χ3n) is 5.28. The number of fused-ring (bicyclic) bond motifs is 1. The summed E-state index contributed by atoms with van der Waals surface area (Å²) in [6.07, 6.45) is 2.01. The van der Waals surface area contributed by atoms with Crippen LogP contribution in [0.3, 0.4) is 0 Å². The second-order valence-electron chi connectivity index (χ2n) is 7.75. The molecule has 1 aromatic carbocycles. The average molecular weight is 454 g/mol. The average Bonchev–Trinajstić information content (AvgIpc) is 3.00. The number of rotatable bonds is 6. The molecule has 2 heterocycles. The van der Waals surface area contributed by atoms with Crippen LogP contribution in [0.4, 0.5) is 5.69 Å². The molecule has 1 unspecified atom stereocenters. The van der Waals surface area contributed by atoms with Crippen LogP contribution in [0.15, 0.2) is 24.4 Å². The highest BCUT2D eigenvalue weighted by atomic mass is 35.5. The summed E-state index contributed by atoms with van der Waals surface area (Å²) in [4.78, 5) is 12.5. The quantitative estimate of drug-likeness (QED) is 0.452. The summed E-state index contributed by atoms with van der Waals surface area (Å²) in [6.45, 7) is 3.24. The highest BCUT2D eigenvalue weighted by Crippen LogP contribution is 2.38. The maximum Gasteiger partial charge on any atom is 0.277 e. The molecule has 11 heteroatoms. The van der Waals surface area contributed by atoms with E-state index in [2.05, 4.69) is 10.4 Å². The summed E-state index contributed by atoms with van der Waals surface area (Å²) in [7, 11) is -2.05. The molecule has 3 rings (SSSR count). The first-order chi connectivity index (χ1) is 13.9. The SMILES string of the molecule is Cn1cc(Cl)c(C(=O)Nc2ccc3c(c2)C(CS(=O)(=O)C(C)(C)C(=N)N)CCO3)n1. The van der Waals surface area contributed by atoms with Crippen LogP contribution in [0.25, 0.3) is 0 Å². The number of nitrogens with one attached hydrogen (secondary N) is 2. The number of halogens is 1. The number of carbonyl (C=O) groups is 1. The Bertz CT molecular complexity index is 1110. The van der Waals surface area contributed by atoms with Crippen molar-refractivity contribution in [3.63, 3.8) is 0 Å². The Morgan fingerprint density at radius 2 is 2.17 bits per heavy atom. The zero-order chi connectivity index (χ0) is 22.3. The van der Waals surface area contributed by atoms with Crippen LogP contribution in [0.2, 0.25) is 5.02 Å². The lowest BCUT2D eigenvalue weighted by molar-refractivity contribution is 0.102. The number of hydrogen-bond acceptors (Lipinski definition) is 6. The second kappa shape index (κ2) is 7.92. The van der Waals surface area contributed by atoms with Gasteiger partial charge >= 0.3 is 0 Å². The summed E-state index contributed by atoms with van der Waals surface area (Å²) in [5.74, 6) is -0.842. The lowest BCUT2D eigenvalue weighted by atomic mass is 9.94. The van der Waals surface area contributed by atoms with Gasteiger partial charge in [-0.15, -0.1) is 0 Å². The van der Waals surface area contributed by atoms with Gasteiger partial charge in [-0.05, 0) is 38.5 Å². The first kappa shape index (κ1) is 22.1. The molecule has 1 aliphatic rings. The van der Waals surface area contributed by atoms with Crippen LogP contribution in [0.1, 0.15) is 42.2 Å². The minimum Gasteiger partial charge on any atom is -0.493 e. The molecule has 0 aliphatic carbocycles. The molecule has 0 bridgehead atoms.